The van der Waals surface area contributed by atoms with Crippen molar-refractivity contribution in [3.63, 3.8) is 0 Å². The van der Waals surface area contributed by atoms with Gasteiger partial charge in [0, 0.05) is 10.8 Å². The van der Waals surface area contributed by atoms with Crippen molar-refractivity contribution in [1.82, 2.24) is 9.97 Å². The van der Waals surface area contributed by atoms with Gasteiger partial charge in [-0.05, 0) is 106 Å². The van der Waals surface area contributed by atoms with Gasteiger partial charge in [-0.3, -0.25) is 0 Å². The van der Waals surface area contributed by atoms with E-state index >= 15 is 0 Å². The lowest BCUT2D eigenvalue weighted by Gasteiger charge is -2.36. The molecule has 7 rings (SSSR count). The fourth-order valence-corrected chi connectivity index (χ4v) is 7.85. The molecule has 5 aromatic rings. The summed E-state index contributed by atoms with van der Waals surface area (Å²) in [5.41, 5.74) is 9.42. The molecule has 2 heterocycles. The number of hydrogen-bond donors (Lipinski definition) is 2. The zero-order valence-electron chi connectivity index (χ0n) is 29.7. The topological polar surface area (TPSA) is 100 Å². The molecule has 0 radical (unpaired) electrons. The average Bonchev–Trinajstić information content (AvgIpc) is 3.06. The number of nitrogens with zero attached hydrogens (tertiary/aromatic N) is 2. The minimum atomic E-state index is -0.915. The van der Waals surface area contributed by atoms with Crippen molar-refractivity contribution in [3.05, 3.63) is 118 Å². The average molecular weight is 665 g/mol. The highest BCUT2D eigenvalue weighted by Gasteiger charge is 2.36. The number of carboxylic acid groups (broad SMARTS) is 2. The Morgan fingerprint density at radius 1 is 0.580 bits per heavy atom. The molecule has 6 nitrogen and oxygen atoms in total. The molecular weight excluding hydrogens is 620 g/mol. The van der Waals surface area contributed by atoms with Gasteiger partial charge in [0.05, 0.1) is 33.5 Å². The molecule has 0 saturated heterocycles. The minimum absolute atomic E-state index is 0.0185. The smallest absolute Gasteiger partial charge is 0.336 e. The standard InChI is InChI=1S/C44H44N2O4/c1-43(2,3)29-21-27(39-33(23-29)37(41(47)48)31-11-7-9-13-35(31)45-39)19-25-15-17-26(18-16-25)20-28-22-30(44(4,5)6)24-34-38(42(49)50)32-12-8-10-14-36(32)46-40(28)34/h7-20,29-30H,21-24H2,1-6H3,(H,47,48)(H,49,50)/b27-19-,28-20-/t29-,30-/m0/s1. The maximum Gasteiger partial charge on any atom is 0.336 e. The van der Waals surface area contributed by atoms with Gasteiger partial charge in [-0.15, -0.1) is 0 Å². The Morgan fingerprint density at radius 3 is 1.28 bits per heavy atom. The van der Waals surface area contributed by atoms with Crippen molar-refractivity contribution in [2.75, 3.05) is 0 Å². The molecule has 0 unspecified atom stereocenters. The van der Waals surface area contributed by atoms with Crippen molar-refractivity contribution in [1.29, 1.82) is 0 Å². The van der Waals surface area contributed by atoms with Crippen molar-refractivity contribution in [2.24, 2.45) is 22.7 Å². The Hall–Kier alpha value is -5.10. The molecule has 3 aromatic carbocycles. The second kappa shape index (κ2) is 12.3. The molecule has 2 atom stereocenters. The molecule has 2 aliphatic rings. The Kier molecular flexibility index (Phi) is 8.25. The highest BCUT2D eigenvalue weighted by molar-refractivity contribution is 6.07. The summed E-state index contributed by atoms with van der Waals surface area (Å²) < 4.78 is 0. The number of benzene rings is 3. The van der Waals surface area contributed by atoms with Gasteiger partial charge in [-0.1, -0.05) is 102 Å². The quantitative estimate of drug-likeness (QED) is 0.198. The summed E-state index contributed by atoms with van der Waals surface area (Å²) in [6.07, 6.45) is 7.30. The highest BCUT2D eigenvalue weighted by atomic mass is 16.4. The molecule has 0 spiro atoms. The van der Waals surface area contributed by atoms with Crippen molar-refractivity contribution < 1.29 is 19.8 Å². The molecule has 2 aliphatic carbocycles. The summed E-state index contributed by atoms with van der Waals surface area (Å²) in [6, 6.07) is 23.4. The van der Waals surface area contributed by atoms with Gasteiger partial charge >= 0.3 is 11.9 Å². The van der Waals surface area contributed by atoms with Crippen molar-refractivity contribution in [3.8, 4) is 0 Å². The third-order valence-corrected chi connectivity index (χ3v) is 10.9. The summed E-state index contributed by atoms with van der Waals surface area (Å²) in [5.74, 6) is -1.32. The molecule has 0 amide bonds. The van der Waals surface area contributed by atoms with E-state index in [0.717, 1.165) is 57.6 Å². The third kappa shape index (κ3) is 6.12. The first-order valence-corrected chi connectivity index (χ1v) is 17.5. The van der Waals surface area contributed by atoms with E-state index in [-0.39, 0.29) is 22.7 Å². The number of fused-ring (bicyclic) bond motifs is 4. The Labute approximate surface area is 293 Å². The summed E-state index contributed by atoms with van der Waals surface area (Å²) in [5, 5.41) is 22.2. The number of pyridine rings is 2. The van der Waals surface area contributed by atoms with Crippen LogP contribution in [0.25, 0.3) is 45.1 Å². The van der Waals surface area contributed by atoms with Gasteiger partial charge < -0.3 is 10.2 Å². The number of aromatic nitrogens is 2. The zero-order chi connectivity index (χ0) is 35.5. The minimum Gasteiger partial charge on any atom is -0.478 e. The summed E-state index contributed by atoms with van der Waals surface area (Å²) >= 11 is 0. The van der Waals surface area contributed by atoms with Gasteiger partial charge in [0.1, 0.15) is 0 Å². The van der Waals surface area contributed by atoms with Crippen molar-refractivity contribution in [2.45, 2.75) is 67.2 Å². The first-order chi connectivity index (χ1) is 23.7. The third-order valence-electron chi connectivity index (χ3n) is 10.9. The van der Waals surface area contributed by atoms with Crippen LogP contribution in [-0.2, 0) is 12.8 Å². The lowest BCUT2D eigenvalue weighted by atomic mass is 9.68. The Bertz CT molecular complexity index is 2090. The van der Waals surface area contributed by atoms with Crippen molar-refractivity contribution >= 4 is 57.0 Å². The lowest BCUT2D eigenvalue weighted by Crippen LogP contribution is -2.28. The molecule has 0 aliphatic heterocycles. The van der Waals surface area contributed by atoms with Crippen LogP contribution in [0.15, 0.2) is 72.8 Å². The maximum absolute atomic E-state index is 12.7. The normalized spacial score (nSPS) is 19.5. The van der Waals surface area contributed by atoms with Gasteiger partial charge in [0.25, 0.3) is 0 Å². The van der Waals surface area contributed by atoms with E-state index in [1.165, 1.54) is 0 Å². The van der Waals surface area contributed by atoms with E-state index in [0.29, 0.717) is 45.8 Å². The number of para-hydroxylation sites is 2. The second-order valence-electron chi connectivity index (χ2n) is 16.2. The SMILES string of the molecule is CC(C)(C)[C@H]1C/C(=C/c2ccc(/C=C3/C[C@H](C(C)(C)C)Cc4c3nc3ccccc3c4C(=O)O)cc2)c2nc3ccccc3c(C(=O)O)c2C1. The van der Waals surface area contributed by atoms with Crippen LogP contribution in [0.4, 0.5) is 0 Å². The van der Waals surface area contributed by atoms with Gasteiger partial charge in [-0.2, -0.15) is 0 Å². The van der Waals surface area contributed by atoms with E-state index in [1.807, 2.05) is 48.5 Å². The zero-order valence-corrected chi connectivity index (χ0v) is 29.7. The van der Waals surface area contributed by atoms with E-state index in [2.05, 4.69) is 78.0 Å². The second-order valence-corrected chi connectivity index (χ2v) is 16.2. The molecule has 0 bridgehead atoms. The van der Waals surface area contributed by atoms with Crippen LogP contribution in [0.3, 0.4) is 0 Å². The van der Waals surface area contributed by atoms with Crippen LogP contribution in [0.1, 0.15) is 109 Å². The first kappa shape index (κ1) is 33.4. The number of hydrogen-bond acceptors (Lipinski definition) is 4. The fourth-order valence-electron chi connectivity index (χ4n) is 7.85. The predicted molar refractivity (Wildman–Crippen MR) is 202 cm³/mol. The molecule has 6 heteroatoms. The van der Waals surface area contributed by atoms with Crippen LogP contribution >= 0.6 is 0 Å². The number of carboxylic acids is 2. The highest BCUT2D eigenvalue weighted by Crippen LogP contribution is 2.46. The molecule has 0 fully saturated rings. The number of allylic oxidation sites excluding steroid dienone is 2. The Morgan fingerprint density at radius 2 is 0.940 bits per heavy atom. The summed E-state index contributed by atoms with van der Waals surface area (Å²) in [4.78, 5) is 35.5. The van der Waals surface area contributed by atoms with Crippen LogP contribution in [0.5, 0.6) is 0 Å². The maximum atomic E-state index is 12.7. The van der Waals surface area contributed by atoms with Crippen LogP contribution in [-0.4, -0.2) is 32.1 Å². The molecule has 2 aromatic heterocycles. The van der Waals surface area contributed by atoms with E-state index in [1.54, 1.807) is 0 Å². The summed E-state index contributed by atoms with van der Waals surface area (Å²) in [6.45, 7) is 13.3. The molecule has 2 N–H and O–H groups in total. The molecule has 50 heavy (non-hydrogen) atoms. The van der Waals surface area contributed by atoms with E-state index < -0.39 is 11.9 Å². The fraction of sp³-hybridized carbons (Fsp3) is 0.318. The molecular formula is C44H44N2O4. The van der Waals surface area contributed by atoms with E-state index in [4.69, 9.17) is 9.97 Å². The number of carbonyl (C=O) groups is 2. The first-order valence-electron chi connectivity index (χ1n) is 17.5. The lowest BCUT2D eigenvalue weighted by molar-refractivity contribution is 0.0685. The number of aromatic carboxylic acids is 2. The molecule has 254 valence electrons. The van der Waals surface area contributed by atoms with E-state index in [9.17, 15) is 19.8 Å². The molecule has 0 saturated carbocycles. The van der Waals surface area contributed by atoms with Gasteiger partial charge in [0.15, 0.2) is 0 Å². The number of rotatable bonds is 4. The van der Waals surface area contributed by atoms with Crippen LogP contribution in [0.2, 0.25) is 0 Å². The van der Waals surface area contributed by atoms with Gasteiger partial charge in [-0.25, -0.2) is 19.6 Å². The summed E-state index contributed by atoms with van der Waals surface area (Å²) in [7, 11) is 0. The van der Waals surface area contributed by atoms with Crippen LogP contribution < -0.4 is 0 Å². The van der Waals surface area contributed by atoms with Gasteiger partial charge in [0.2, 0.25) is 0 Å². The Balaban J connectivity index is 1.32. The predicted octanol–water partition coefficient (Wildman–Crippen LogP) is 10.5. The monoisotopic (exact) mass is 664 g/mol. The largest absolute Gasteiger partial charge is 0.478 e. The van der Waals surface area contributed by atoms with Crippen LogP contribution in [0, 0.1) is 22.7 Å².